The molecule has 2 aromatic carbocycles. The number of thiol groups is 2. The first kappa shape index (κ1) is 36.4. The van der Waals surface area contributed by atoms with Crippen molar-refractivity contribution in [1.29, 1.82) is 0 Å². The normalized spacial score (nSPS) is 9.06. The molecule has 194 valence electrons. The second-order valence-electron chi connectivity index (χ2n) is 5.66. The first-order valence-electron chi connectivity index (χ1n) is 8.70. The van der Waals surface area contributed by atoms with E-state index in [1.54, 1.807) is 24.3 Å². The average Bonchev–Trinajstić information content (AvgIpc) is 3.17. The SMILES string of the molecule is C.C=CC.NC(=O)S.NC(=O)S.NS(=O)(=O)c1ccccc1-c1ocnc1-c1ccc(F)cc1.O. The van der Waals surface area contributed by atoms with Crippen LogP contribution in [0.1, 0.15) is 14.4 Å². The summed E-state index contributed by atoms with van der Waals surface area (Å²) in [5.74, 6) is -0.116. The fourth-order valence-corrected chi connectivity index (χ4v) is 2.89. The van der Waals surface area contributed by atoms with Crippen molar-refractivity contribution >= 4 is 45.8 Å². The standard InChI is InChI=1S/C15H11FN2O3S.C3H6.2CH3NOS.CH4.H2O/c16-11-7-5-10(6-8-11)14-15(21-9-18-14)12-3-1-2-4-13(12)22(17,19)20;1-3-2;2*2-1(3)4;;/h1-9H,(H2,17,19,20);3H,1H2,2H3;2*(H3,2,3,4);1H4;1H2. The average molecular weight is 549 g/mol. The summed E-state index contributed by atoms with van der Waals surface area (Å²) in [5.41, 5.74) is 10.00. The van der Waals surface area contributed by atoms with Crippen molar-refractivity contribution in [2.75, 3.05) is 0 Å². The first-order valence-corrected chi connectivity index (χ1v) is 11.1. The number of aromatic nitrogens is 1. The van der Waals surface area contributed by atoms with E-state index in [4.69, 9.17) is 19.1 Å². The molecule has 0 aliphatic heterocycles. The smallest absolute Gasteiger partial charge is 0.273 e. The third kappa shape index (κ3) is 14.6. The molecule has 2 amide bonds. The third-order valence-electron chi connectivity index (χ3n) is 3.12. The lowest BCUT2D eigenvalue weighted by Crippen LogP contribution is -2.13. The highest BCUT2D eigenvalue weighted by Crippen LogP contribution is 2.34. The minimum Gasteiger partial charge on any atom is -0.443 e. The van der Waals surface area contributed by atoms with Gasteiger partial charge in [-0.2, -0.15) is 0 Å². The van der Waals surface area contributed by atoms with Crippen molar-refractivity contribution in [3.63, 3.8) is 0 Å². The Morgan fingerprint density at radius 3 is 1.91 bits per heavy atom. The van der Waals surface area contributed by atoms with Gasteiger partial charge >= 0.3 is 0 Å². The van der Waals surface area contributed by atoms with Crippen LogP contribution in [0.15, 0.2) is 76.9 Å². The summed E-state index contributed by atoms with van der Waals surface area (Å²) in [6, 6.07) is 11.9. The Bertz CT molecular complexity index is 1150. The summed E-state index contributed by atoms with van der Waals surface area (Å²) >= 11 is 6.21. The van der Waals surface area contributed by atoms with Crippen LogP contribution in [0, 0.1) is 5.82 Å². The summed E-state index contributed by atoms with van der Waals surface area (Å²) in [6.45, 7) is 5.25. The molecule has 0 atom stereocenters. The maximum atomic E-state index is 13.0. The minimum absolute atomic E-state index is 0. The minimum atomic E-state index is -3.91. The third-order valence-corrected chi connectivity index (χ3v) is 4.09. The Balaban J connectivity index is -0.000000673. The predicted molar refractivity (Wildman–Crippen MR) is 142 cm³/mol. The number of carbonyl (C=O) groups excluding carboxylic acids is 2. The zero-order chi connectivity index (χ0) is 25.6. The van der Waals surface area contributed by atoms with Crippen LogP contribution in [-0.2, 0) is 10.0 Å². The predicted octanol–water partition coefficient (Wildman–Crippen LogP) is 3.79. The van der Waals surface area contributed by atoms with Gasteiger partial charge in [-0.25, -0.2) is 22.9 Å². The Morgan fingerprint density at radius 2 is 1.49 bits per heavy atom. The van der Waals surface area contributed by atoms with Crippen molar-refractivity contribution in [1.82, 2.24) is 4.98 Å². The van der Waals surface area contributed by atoms with Gasteiger partial charge < -0.3 is 21.4 Å². The quantitative estimate of drug-likeness (QED) is 0.243. The van der Waals surface area contributed by atoms with Gasteiger partial charge in [-0.3, -0.25) is 9.59 Å². The number of primary amides is 2. The molecular formula is C21H29FN4O6S3. The van der Waals surface area contributed by atoms with Gasteiger partial charge in [0, 0.05) is 11.1 Å². The number of sulfonamides is 1. The molecule has 1 heterocycles. The highest BCUT2D eigenvalue weighted by atomic mass is 32.2. The molecule has 0 saturated heterocycles. The van der Waals surface area contributed by atoms with Crippen LogP contribution in [0.3, 0.4) is 0 Å². The van der Waals surface area contributed by atoms with Crippen LogP contribution in [0.4, 0.5) is 14.0 Å². The van der Waals surface area contributed by atoms with Crippen molar-refractivity contribution in [2.24, 2.45) is 16.6 Å². The summed E-state index contributed by atoms with van der Waals surface area (Å²) in [4.78, 5) is 22.2. The van der Waals surface area contributed by atoms with E-state index >= 15 is 0 Å². The number of halogens is 1. The molecule has 3 aromatic rings. The Labute approximate surface area is 214 Å². The van der Waals surface area contributed by atoms with Gasteiger partial charge in [0.1, 0.15) is 11.5 Å². The van der Waals surface area contributed by atoms with Crippen LogP contribution >= 0.6 is 25.3 Å². The number of nitrogens with two attached hydrogens (primary N) is 3. The zero-order valence-corrected chi connectivity index (χ0v) is 20.5. The molecule has 0 bridgehead atoms. The second kappa shape index (κ2) is 18.2. The highest BCUT2D eigenvalue weighted by molar-refractivity contribution is 7.96. The number of hydrogen-bond acceptors (Lipinski definition) is 6. The molecule has 8 N–H and O–H groups in total. The summed E-state index contributed by atoms with van der Waals surface area (Å²) in [5, 5.41) is 3.96. The lowest BCUT2D eigenvalue weighted by atomic mass is 10.1. The molecular weight excluding hydrogens is 519 g/mol. The lowest BCUT2D eigenvalue weighted by molar-refractivity contribution is 0.266. The van der Waals surface area contributed by atoms with Gasteiger partial charge in [0.15, 0.2) is 12.2 Å². The van der Waals surface area contributed by atoms with E-state index in [-0.39, 0.29) is 29.4 Å². The number of hydrogen-bond donors (Lipinski definition) is 5. The summed E-state index contributed by atoms with van der Waals surface area (Å²) in [7, 11) is -3.91. The number of carbonyl (C=O) groups is 2. The van der Waals surface area contributed by atoms with Gasteiger partial charge in [0.2, 0.25) is 10.0 Å². The first-order chi connectivity index (χ1) is 15.3. The fraction of sp³-hybridized carbons (Fsp3) is 0.0952. The monoisotopic (exact) mass is 548 g/mol. The molecule has 10 nitrogen and oxygen atoms in total. The van der Waals surface area contributed by atoms with Gasteiger partial charge in [-0.1, -0.05) is 50.9 Å². The van der Waals surface area contributed by atoms with Crippen molar-refractivity contribution in [3.05, 3.63) is 73.4 Å². The van der Waals surface area contributed by atoms with E-state index in [0.29, 0.717) is 16.8 Å². The largest absolute Gasteiger partial charge is 0.443 e. The number of rotatable bonds is 3. The summed E-state index contributed by atoms with van der Waals surface area (Å²) in [6.07, 6.45) is 2.95. The number of primary sulfonamides is 1. The second-order valence-corrected chi connectivity index (χ2v) is 8.07. The van der Waals surface area contributed by atoms with Crippen LogP contribution in [0.25, 0.3) is 22.6 Å². The Kier molecular flexibility index (Phi) is 18.9. The van der Waals surface area contributed by atoms with Crippen LogP contribution in [0.5, 0.6) is 0 Å². The highest BCUT2D eigenvalue weighted by Gasteiger charge is 2.20. The van der Waals surface area contributed by atoms with Crippen LogP contribution < -0.4 is 16.6 Å². The van der Waals surface area contributed by atoms with Gasteiger partial charge in [0.25, 0.3) is 10.5 Å². The van der Waals surface area contributed by atoms with Crippen molar-refractivity contribution < 1.29 is 32.3 Å². The molecule has 35 heavy (non-hydrogen) atoms. The maximum Gasteiger partial charge on any atom is 0.273 e. The molecule has 14 heteroatoms. The van der Waals surface area contributed by atoms with Crippen LogP contribution in [0.2, 0.25) is 0 Å². The maximum absolute atomic E-state index is 13.0. The Morgan fingerprint density at radius 1 is 1.06 bits per heavy atom. The number of benzene rings is 2. The number of amides is 2. The van der Waals surface area contributed by atoms with E-state index in [1.807, 2.05) is 6.92 Å². The molecule has 0 radical (unpaired) electrons. The molecule has 0 spiro atoms. The van der Waals surface area contributed by atoms with E-state index in [9.17, 15) is 12.8 Å². The van der Waals surface area contributed by atoms with E-state index in [0.717, 1.165) is 0 Å². The van der Waals surface area contributed by atoms with Gasteiger partial charge in [-0.05, 0) is 43.3 Å². The van der Waals surface area contributed by atoms with Crippen molar-refractivity contribution in [2.45, 2.75) is 19.2 Å². The molecule has 3 rings (SSSR count). The van der Waals surface area contributed by atoms with Gasteiger partial charge in [0.05, 0.1) is 4.90 Å². The van der Waals surface area contributed by atoms with E-state index in [2.05, 4.69) is 48.3 Å². The van der Waals surface area contributed by atoms with E-state index in [1.165, 1.54) is 36.7 Å². The number of nitrogens with zero attached hydrogens (tertiary/aromatic N) is 1. The number of oxazole rings is 1. The topological polar surface area (TPSA) is 204 Å². The summed E-state index contributed by atoms with van der Waals surface area (Å²) < 4.78 is 41.8. The molecule has 0 aliphatic carbocycles. The number of allylic oxidation sites excluding steroid dienone is 1. The molecule has 0 aliphatic rings. The lowest BCUT2D eigenvalue weighted by Gasteiger charge is -2.06. The zero-order valence-electron chi connectivity index (χ0n) is 17.9. The molecule has 0 saturated carbocycles. The molecule has 0 unspecified atom stereocenters. The van der Waals surface area contributed by atoms with E-state index < -0.39 is 20.5 Å². The van der Waals surface area contributed by atoms with Crippen molar-refractivity contribution in [3.8, 4) is 22.6 Å². The fourth-order valence-electron chi connectivity index (χ4n) is 2.15. The molecule has 0 fully saturated rings. The molecule has 1 aromatic heterocycles. The van der Waals surface area contributed by atoms with Gasteiger partial charge in [-0.15, -0.1) is 6.58 Å². The Hall–Kier alpha value is -3.17. The van der Waals surface area contributed by atoms with Crippen LogP contribution in [-0.4, -0.2) is 29.4 Å².